The number of anilines is 2. The molecule has 1 atom stereocenters. The molecule has 27 heavy (non-hydrogen) atoms. The Bertz CT molecular complexity index is 868. The Hall–Kier alpha value is -2.55. The summed E-state index contributed by atoms with van der Waals surface area (Å²) in [6.07, 6.45) is 5.35. The topological polar surface area (TPSA) is 78.3 Å². The third kappa shape index (κ3) is 4.41. The van der Waals surface area contributed by atoms with Gasteiger partial charge in [-0.1, -0.05) is 0 Å². The summed E-state index contributed by atoms with van der Waals surface area (Å²) in [6.45, 7) is 0.748. The molecular formula is C18H22F2N4O3. The third-order valence-electron chi connectivity index (χ3n) is 4.54. The number of halogens is 2. The Labute approximate surface area is 155 Å². The Morgan fingerprint density at radius 2 is 2.11 bits per heavy atom. The van der Waals surface area contributed by atoms with Gasteiger partial charge < -0.3 is 19.4 Å². The molecule has 2 heterocycles. The lowest BCUT2D eigenvalue weighted by Gasteiger charge is -2.19. The van der Waals surface area contributed by atoms with E-state index in [1.165, 1.54) is 0 Å². The monoisotopic (exact) mass is 380 g/mol. The molecule has 2 aromatic rings. The SMILES string of the molecule is COC[C@H](C1CC1)n1ccnc(Nc2cc(C)c(OC(F)F)nc2C)c1=O. The zero-order chi connectivity index (χ0) is 19.6. The van der Waals surface area contributed by atoms with Gasteiger partial charge in [0.25, 0.3) is 5.56 Å². The standard InChI is InChI=1S/C18H22F2N4O3/c1-10-8-13(11(2)22-16(10)27-18(19)20)23-15-17(25)24(7-6-21-15)14(9-26-3)12-4-5-12/h6-8,12,14,18H,4-5,9H2,1-3H3,(H,21,23)/t14-/m1/s1. The van der Waals surface area contributed by atoms with Crippen molar-refractivity contribution in [3.05, 3.63) is 40.1 Å². The van der Waals surface area contributed by atoms with E-state index in [-0.39, 0.29) is 23.3 Å². The number of aryl methyl sites for hydroxylation is 2. The number of hydrogen-bond acceptors (Lipinski definition) is 6. The van der Waals surface area contributed by atoms with Crippen molar-refractivity contribution < 1.29 is 18.3 Å². The van der Waals surface area contributed by atoms with Crippen molar-refractivity contribution in [1.29, 1.82) is 0 Å². The van der Waals surface area contributed by atoms with E-state index in [0.29, 0.717) is 29.5 Å². The minimum Gasteiger partial charge on any atom is -0.417 e. The van der Waals surface area contributed by atoms with Crippen molar-refractivity contribution in [2.24, 2.45) is 5.92 Å². The van der Waals surface area contributed by atoms with Crippen LogP contribution in [0.25, 0.3) is 0 Å². The van der Waals surface area contributed by atoms with Crippen molar-refractivity contribution in [2.75, 3.05) is 19.0 Å². The Balaban J connectivity index is 1.89. The fourth-order valence-electron chi connectivity index (χ4n) is 3.01. The van der Waals surface area contributed by atoms with Crippen LogP contribution in [0.2, 0.25) is 0 Å². The predicted octanol–water partition coefficient (Wildman–Crippen LogP) is 3.20. The number of alkyl halides is 2. The molecule has 0 aliphatic heterocycles. The largest absolute Gasteiger partial charge is 0.417 e. The fourth-order valence-corrected chi connectivity index (χ4v) is 3.01. The average molecular weight is 380 g/mol. The zero-order valence-corrected chi connectivity index (χ0v) is 15.4. The van der Waals surface area contributed by atoms with E-state index in [1.807, 2.05) is 0 Å². The summed E-state index contributed by atoms with van der Waals surface area (Å²) in [4.78, 5) is 21.0. The molecule has 146 valence electrons. The van der Waals surface area contributed by atoms with Gasteiger partial charge in [0.15, 0.2) is 5.82 Å². The molecule has 0 amide bonds. The molecule has 0 spiro atoms. The van der Waals surface area contributed by atoms with Gasteiger partial charge in [-0.15, -0.1) is 0 Å². The highest BCUT2D eigenvalue weighted by atomic mass is 19.3. The molecule has 0 aromatic carbocycles. The first-order chi connectivity index (χ1) is 12.9. The molecule has 9 heteroatoms. The van der Waals surface area contributed by atoms with Gasteiger partial charge in [0, 0.05) is 25.1 Å². The number of ether oxygens (including phenoxy) is 2. The fraction of sp³-hybridized carbons (Fsp3) is 0.500. The maximum absolute atomic E-state index is 12.9. The summed E-state index contributed by atoms with van der Waals surface area (Å²) in [5.41, 5.74) is 1.08. The van der Waals surface area contributed by atoms with Crippen LogP contribution >= 0.6 is 0 Å². The maximum atomic E-state index is 12.9. The molecule has 0 saturated heterocycles. The molecule has 1 N–H and O–H groups in total. The van der Waals surface area contributed by atoms with Crippen LogP contribution in [-0.4, -0.2) is 34.9 Å². The van der Waals surface area contributed by atoms with Gasteiger partial charge in [-0.05, 0) is 38.7 Å². The van der Waals surface area contributed by atoms with E-state index >= 15 is 0 Å². The van der Waals surface area contributed by atoms with E-state index in [2.05, 4.69) is 20.0 Å². The Morgan fingerprint density at radius 3 is 2.74 bits per heavy atom. The number of aromatic nitrogens is 3. The van der Waals surface area contributed by atoms with Crippen LogP contribution in [0.4, 0.5) is 20.3 Å². The summed E-state index contributed by atoms with van der Waals surface area (Å²) < 4.78 is 36.2. The number of nitrogens with one attached hydrogen (secondary N) is 1. The van der Waals surface area contributed by atoms with Crippen molar-refractivity contribution in [2.45, 2.75) is 39.3 Å². The van der Waals surface area contributed by atoms with E-state index in [4.69, 9.17) is 4.74 Å². The molecule has 1 aliphatic carbocycles. The quantitative estimate of drug-likeness (QED) is 0.758. The molecule has 0 radical (unpaired) electrons. The molecule has 2 aromatic heterocycles. The molecule has 3 rings (SSSR count). The molecule has 0 unspecified atom stereocenters. The third-order valence-corrected chi connectivity index (χ3v) is 4.54. The second kappa shape index (κ2) is 7.99. The van der Waals surface area contributed by atoms with E-state index in [1.54, 1.807) is 44.0 Å². The van der Waals surface area contributed by atoms with Crippen LogP contribution in [0.3, 0.4) is 0 Å². The van der Waals surface area contributed by atoms with Crippen LogP contribution < -0.4 is 15.6 Å². The van der Waals surface area contributed by atoms with Gasteiger partial charge in [-0.3, -0.25) is 4.79 Å². The zero-order valence-electron chi connectivity index (χ0n) is 15.4. The van der Waals surface area contributed by atoms with Crippen LogP contribution in [0.5, 0.6) is 5.88 Å². The van der Waals surface area contributed by atoms with Gasteiger partial charge >= 0.3 is 6.61 Å². The molecule has 1 aliphatic rings. The van der Waals surface area contributed by atoms with Crippen molar-refractivity contribution in [3.63, 3.8) is 0 Å². The number of pyridine rings is 1. The molecule has 1 fully saturated rings. The average Bonchev–Trinajstić information content (AvgIpc) is 3.44. The first kappa shape index (κ1) is 19.2. The minimum absolute atomic E-state index is 0.0335. The highest BCUT2D eigenvalue weighted by molar-refractivity contribution is 5.60. The number of methoxy groups -OCH3 is 1. The van der Waals surface area contributed by atoms with E-state index < -0.39 is 6.61 Å². The van der Waals surface area contributed by atoms with Gasteiger partial charge in [0.1, 0.15) is 0 Å². The number of hydrogen-bond donors (Lipinski definition) is 1. The van der Waals surface area contributed by atoms with Crippen LogP contribution in [-0.2, 0) is 4.74 Å². The molecule has 1 saturated carbocycles. The first-order valence-corrected chi connectivity index (χ1v) is 8.67. The van der Waals surface area contributed by atoms with Gasteiger partial charge in [0.2, 0.25) is 5.88 Å². The molecular weight excluding hydrogens is 358 g/mol. The van der Waals surface area contributed by atoms with Gasteiger partial charge in [0.05, 0.1) is 24.0 Å². The van der Waals surface area contributed by atoms with Gasteiger partial charge in [-0.2, -0.15) is 8.78 Å². The van der Waals surface area contributed by atoms with Crippen LogP contribution in [0.15, 0.2) is 23.3 Å². The van der Waals surface area contributed by atoms with E-state index in [9.17, 15) is 13.6 Å². The number of rotatable bonds is 8. The van der Waals surface area contributed by atoms with Crippen molar-refractivity contribution >= 4 is 11.5 Å². The van der Waals surface area contributed by atoms with Gasteiger partial charge in [-0.25, -0.2) is 9.97 Å². The summed E-state index contributed by atoms with van der Waals surface area (Å²) in [5.74, 6) is 0.431. The summed E-state index contributed by atoms with van der Waals surface area (Å²) in [6, 6.07) is 1.57. The normalized spacial score (nSPS) is 15.0. The van der Waals surface area contributed by atoms with Crippen LogP contribution in [0, 0.1) is 19.8 Å². The summed E-state index contributed by atoms with van der Waals surface area (Å²) in [7, 11) is 1.61. The summed E-state index contributed by atoms with van der Waals surface area (Å²) >= 11 is 0. The number of nitrogens with zero attached hydrogens (tertiary/aromatic N) is 3. The predicted molar refractivity (Wildman–Crippen MR) is 95.8 cm³/mol. The second-order valence-corrected chi connectivity index (χ2v) is 6.60. The molecule has 7 nitrogen and oxygen atoms in total. The lowest BCUT2D eigenvalue weighted by Crippen LogP contribution is -2.30. The summed E-state index contributed by atoms with van der Waals surface area (Å²) in [5, 5.41) is 2.97. The maximum Gasteiger partial charge on any atom is 0.388 e. The highest BCUT2D eigenvalue weighted by Crippen LogP contribution is 2.39. The van der Waals surface area contributed by atoms with Crippen molar-refractivity contribution in [1.82, 2.24) is 14.5 Å². The second-order valence-electron chi connectivity index (χ2n) is 6.60. The molecule has 0 bridgehead atoms. The first-order valence-electron chi connectivity index (χ1n) is 8.67. The Morgan fingerprint density at radius 1 is 1.37 bits per heavy atom. The van der Waals surface area contributed by atoms with E-state index in [0.717, 1.165) is 12.8 Å². The Kier molecular flexibility index (Phi) is 5.69. The van der Waals surface area contributed by atoms with Crippen LogP contribution in [0.1, 0.15) is 30.1 Å². The minimum atomic E-state index is -2.95. The lowest BCUT2D eigenvalue weighted by atomic mass is 10.2. The highest BCUT2D eigenvalue weighted by Gasteiger charge is 2.33. The van der Waals surface area contributed by atoms with Crippen molar-refractivity contribution in [3.8, 4) is 5.88 Å². The smallest absolute Gasteiger partial charge is 0.388 e. The lowest BCUT2D eigenvalue weighted by molar-refractivity contribution is -0.0533.